The third-order valence-electron chi connectivity index (χ3n) is 5.24. The molecule has 168 valence electrons. The molecule has 1 unspecified atom stereocenters. The number of hydrogen-bond donors (Lipinski definition) is 1. The second-order valence-corrected chi connectivity index (χ2v) is 8.07. The molecular weight excluding hydrogens is 410 g/mol. The molecule has 1 atom stereocenters. The molecule has 0 aliphatic rings. The number of amides is 1. The first-order valence-corrected chi connectivity index (χ1v) is 10.5. The Morgan fingerprint density at radius 1 is 1.03 bits per heavy atom. The molecule has 0 aliphatic heterocycles. The Hall–Kier alpha value is -3.61. The zero-order valence-electron chi connectivity index (χ0n) is 18.6. The van der Waals surface area contributed by atoms with Gasteiger partial charge >= 0.3 is 11.6 Å². The van der Waals surface area contributed by atoms with Gasteiger partial charge in [0.1, 0.15) is 17.9 Å². The molecule has 1 amide bonds. The number of fused-ring (bicyclic) bond motifs is 1. The minimum Gasteiger partial charge on any atom is -0.489 e. The van der Waals surface area contributed by atoms with Gasteiger partial charge in [0.15, 0.2) is 6.61 Å². The number of esters is 1. The van der Waals surface area contributed by atoms with Crippen molar-refractivity contribution in [3.63, 3.8) is 0 Å². The van der Waals surface area contributed by atoms with Gasteiger partial charge in [0, 0.05) is 23.6 Å². The van der Waals surface area contributed by atoms with Gasteiger partial charge < -0.3 is 19.2 Å². The van der Waals surface area contributed by atoms with Gasteiger partial charge in [-0.2, -0.15) is 0 Å². The maximum Gasteiger partial charge on any atom is 0.338 e. The van der Waals surface area contributed by atoms with Crippen LogP contribution in [-0.4, -0.2) is 24.5 Å². The number of aryl methyl sites for hydroxylation is 1. The van der Waals surface area contributed by atoms with Gasteiger partial charge in [0.05, 0.1) is 5.56 Å². The van der Waals surface area contributed by atoms with E-state index in [9.17, 15) is 14.4 Å². The lowest BCUT2D eigenvalue weighted by Gasteiger charge is -2.17. The summed E-state index contributed by atoms with van der Waals surface area (Å²) in [6.45, 7) is 7.71. The highest BCUT2D eigenvalue weighted by Gasteiger charge is 2.14. The van der Waals surface area contributed by atoms with Gasteiger partial charge in [-0.05, 0) is 55.2 Å². The maximum atomic E-state index is 12.2. The zero-order chi connectivity index (χ0) is 23.3. The molecule has 3 rings (SSSR count). The standard InChI is InChI=1S/C25H27NO6/c1-15(2)17(4)26-23(27)14-31-25(29)19-7-5-18(6-8-19)13-30-20-9-10-21-16(3)11-24(28)32-22(21)12-20/h5-12,15,17H,13-14H2,1-4H3,(H,26,27). The molecule has 0 saturated heterocycles. The van der Waals surface area contributed by atoms with Crippen molar-refractivity contribution in [1.82, 2.24) is 5.32 Å². The molecule has 0 fully saturated rings. The SMILES string of the molecule is Cc1cc(=O)oc2cc(OCc3ccc(C(=O)OCC(=O)NC(C)C(C)C)cc3)ccc12. The van der Waals surface area contributed by atoms with Crippen LogP contribution in [0, 0.1) is 12.8 Å². The monoisotopic (exact) mass is 437 g/mol. The fraction of sp³-hybridized carbons (Fsp3) is 0.320. The van der Waals surface area contributed by atoms with E-state index in [2.05, 4.69) is 5.32 Å². The topological polar surface area (TPSA) is 94.8 Å². The molecule has 2 aromatic carbocycles. The van der Waals surface area contributed by atoms with Crippen LogP contribution in [0.4, 0.5) is 0 Å². The van der Waals surface area contributed by atoms with E-state index in [-0.39, 0.29) is 25.2 Å². The molecule has 3 aromatic rings. The highest BCUT2D eigenvalue weighted by Crippen LogP contribution is 2.23. The van der Waals surface area contributed by atoms with E-state index in [1.807, 2.05) is 39.8 Å². The molecular formula is C25H27NO6. The Balaban J connectivity index is 1.54. The van der Waals surface area contributed by atoms with E-state index in [0.29, 0.717) is 22.8 Å². The average molecular weight is 437 g/mol. The molecule has 0 saturated carbocycles. The summed E-state index contributed by atoms with van der Waals surface area (Å²) in [4.78, 5) is 35.6. The molecule has 7 nitrogen and oxygen atoms in total. The average Bonchev–Trinajstić information content (AvgIpc) is 2.75. The third kappa shape index (κ3) is 5.97. The van der Waals surface area contributed by atoms with Crippen molar-refractivity contribution in [3.8, 4) is 5.75 Å². The normalized spacial score (nSPS) is 11.9. The van der Waals surface area contributed by atoms with Crippen LogP contribution >= 0.6 is 0 Å². The van der Waals surface area contributed by atoms with Crippen LogP contribution in [0.3, 0.4) is 0 Å². The van der Waals surface area contributed by atoms with Gasteiger partial charge in [-0.1, -0.05) is 26.0 Å². The second-order valence-electron chi connectivity index (χ2n) is 8.07. The molecule has 0 radical (unpaired) electrons. The van der Waals surface area contributed by atoms with Crippen molar-refractivity contribution < 1.29 is 23.5 Å². The van der Waals surface area contributed by atoms with Gasteiger partial charge in [0.2, 0.25) is 0 Å². The van der Waals surface area contributed by atoms with Crippen molar-refractivity contribution in [2.45, 2.75) is 40.3 Å². The van der Waals surface area contributed by atoms with E-state index in [1.54, 1.807) is 30.3 Å². The van der Waals surface area contributed by atoms with Crippen molar-refractivity contribution >= 4 is 22.8 Å². The second kappa shape index (κ2) is 10.1. The number of hydrogen-bond acceptors (Lipinski definition) is 6. The highest BCUT2D eigenvalue weighted by atomic mass is 16.5. The lowest BCUT2D eigenvalue weighted by atomic mass is 10.1. The van der Waals surface area contributed by atoms with Crippen LogP contribution in [0.25, 0.3) is 11.0 Å². The van der Waals surface area contributed by atoms with Crippen molar-refractivity contribution in [3.05, 3.63) is 75.6 Å². The quantitative estimate of drug-likeness (QED) is 0.423. The first-order valence-electron chi connectivity index (χ1n) is 10.5. The van der Waals surface area contributed by atoms with Crippen LogP contribution in [0.5, 0.6) is 5.75 Å². The predicted octanol–water partition coefficient (Wildman–Crippen LogP) is 4.00. The van der Waals surface area contributed by atoms with Crippen molar-refractivity contribution in [2.24, 2.45) is 5.92 Å². The van der Waals surface area contributed by atoms with Crippen LogP contribution < -0.4 is 15.7 Å². The Morgan fingerprint density at radius 2 is 1.75 bits per heavy atom. The van der Waals surface area contributed by atoms with Gasteiger partial charge in [-0.15, -0.1) is 0 Å². The summed E-state index contributed by atoms with van der Waals surface area (Å²) >= 11 is 0. The predicted molar refractivity (Wildman–Crippen MR) is 121 cm³/mol. The Bertz CT molecular complexity index is 1160. The van der Waals surface area contributed by atoms with E-state index >= 15 is 0 Å². The number of rotatable bonds is 8. The number of carbonyl (C=O) groups excluding carboxylic acids is 2. The Labute approximate surface area is 186 Å². The van der Waals surface area contributed by atoms with Crippen LogP contribution in [0.1, 0.15) is 42.3 Å². The maximum absolute atomic E-state index is 12.2. The summed E-state index contributed by atoms with van der Waals surface area (Å²) in [5.74, 6) is -0.0335. The molecule has 0 bridgehead atoms. The minimum atomic E-state index is -0.565. The minimum absolute atomic E-state index is 0.00291. The molecule has 1 N–H and O–H groups in total. The van der Waals surface area contributed by atoms with E-state index in [1.165, 1.54) is 6.07 Å². The van der Waals surface area contributed by atoms with Crippen molar-refractivity contribution in [1.29, 1.82) is 0 Å². The Morgan fingerprint density at radius 3 is 2.44 bits per heavy atom. The fourth-order valence-electron chi connectivity index (χ4n) is 2.98. The zero-order valence-corrected chi connectivity index (χ0v) is 18.6. The van der Waals surface area contributed by atoms with Crippen molar-refractivity contribution in [2.75, 3.05) is 6.61 Å². The smallest absolute Gasteiger partial charge is 0.338 e. The van der Waals surface area contributed by atoms with Crippen LogP contribution in [0.2, 0.25) is 0 Å². The molecule has 1 aromatic heterocycles. The summed E-state index contributed by atoms with van der Waals surface area (Å²) in [5.41, 5.74) is 2.11. The van der Waals surface area contributed by atoms with E-state index in [4.69, 9.17) is 13.9 Å². The summed E-state index contributed by atoms with van der Waals surface area (Å²) in [5, 5.41) is 3.64. The van der Waals surface area contributed by atoms with E-state index < -0.39 is 11.6 Å². The number of ether oxygens (including phenoxy) is 2. The largest absolute Gasteiger partial charge is 0.489 e. The molecule has 0 spiro atoms. The molecule has 32 heavy (non-hydrogen) atoms. The van der Waals surface area contributed by atoms with Gasteiger partial charge in [-0.3, -0.25) is 4.79 Å². The number of benzene rings is 2. The first kappa shape index (κ1) is 23.1. The molecule has 1 heterocycles. The molecule has 0 aliphatic carbocycles. The molecule has 7 heteroatoms. The van der Waals surface area contributed by atoms with Gasteiger partial charge in [0.25, 0.3) is 5.91 Å². The summed E-state index contributed by atoms with van der Waals surface area (Å²) < 4.78 is 16.1. The Kier molecular flexibility index (Phi) is 7.30. The third-order valence-corrected chi connectivity index (χ3v) is 5.24. The number of nitrogens with one attached hydrogen (secondary N) is 1. The van der Waals surface area contributed by atoms with E-state index in [0.717, 1.165) is 16.5 Å². The van der Waals surface area contributed by atoms with Crippen LogP contribution in [0.15, 0.2) is 57.7 Å². The fourth-order valence-corrected chi connectivity index (χ4v) is 2.98. The first-order chi connectivity index (χ1) is 15.2. The highest BCUT2D eigenvalue weighted by molar-refractivity contribution is 5.91. The lowest BCUT2D eigenvalue weighted by Crippen LogP contribution is -2.38. The summed E-state index contributed by atoms with van der Waals surface area (Å²) in [7, 11) is 0. The van der Waals surface area contributed by atoms with Gasteiger partial charge in [-0.25, -0.2) is 9.59 Å². The summed E-state index contributed by atoms with van der Waals surface area (Å²) in [6, 6.07) is 13.5. The lowest BCUT2D eigenvalue weighted by molar-refractivity contribution is -0.125. The summed E-state index contributed by atoms with van der Waals surface area (Å²) in [6.07, 6.45) is 0. The number of carbonyl (C=O) groups is 2. The van der Waals surface area contributed by atoms with Crippen LogP contribution in [-0.2, 0) is 16.1 Å².